The summed E-state index contributed by atoms with van der Waals surface area (Å²) < 4.78 is 0. The Kier molecular flexibility index (Phi) is 2.12. The first-order valence-corrected chi connectivity index (χ1v) is 3.79. The van der Waals surface area contributed by atoms with Crippen molar-refractivity contribution in [2.45, 2.75) is 32.7 Å². The Morgan fingerprint density at radius 3 is 2.56 bits per heavy atom. The van der Waals surface area contributed by atoms with Crippen LogP contribution in [0.1, 0.15) is 26.7 Å². The van der Waals surface area contributed by atoms with Crippen LogP contribution in [-0.2, 0) is 0 Å². The quantitative estimate of drug-likeness (QED) is 0.524. The van der Waals surface area contributed by atoms with Crippen molar-refractivity contribution in [3.63, 3.8) is 0 Å². The first-order valence-electron chi connectivity index (χ1n) is 3.79. The number of nitrogens with two attached hydrogens (primary N) is 1. The van der Waals surface area contributed by atoms with Gasteiger partial charge in [-0.3, -0.25) is 0 Å². The van der Waals surface area contributed by atoms with E-state index in [2.05, 4.69) is 20.3 Å². The van der Waals surface area contributed by atoms with Crippen LogP contribution in [0.25, 0.3) is 0 Å². The smallest absolute Gasteiger partial charge is 0.00674 e. The van der Waals surface area contributed by atoms with Gasteiger partial charge in [0.25, 0.3) is 0 Å². The summed E-state index contributed by atoms with van der Waals surface area (Å²) >= 11 is 0. The summed E-state index contributed by atoms with van der Waals surface area (Å²) in [7, 11) is 0. The van der Waals surface area contributed by atoms with E-state index in [9.17, 15) is 0 Å². The summed E-state index contributed by atoms with van der Waals surface area (Å²) in [5.41, 5.74) is 5.81. The summed E-state index contributed by atoms with van der Waals surface area (Å²) in [6, 6.07) is 0.432. The molecule has 53 valence electrons. The van der Waals surface area contributed by atoms with Crippen LogP contribution in [0.4, 0.5) is 0 Å². The fourth-order valence-corrected chi connectivity index (χ4v) is 1.48. The van der Waals surface area contributed by atoms with Crippen molar-refractivity contribution in [1.82, 2.24) is 0 Å². The molecule has 1 rings (SSSR count). The molecule has 0 aromatic heterocycles. The minimum atomic E-state index is 0.432. The van der Waals surface area contributed by atoms with Gasteiger partial charge in [0.05, 0.1) is 0 Å². The highest BCUT2D eigenvalue weighted by Crippen LogP contribution is 2.26. The van der Waals surface area contributed by atoms with Crippen molar-refractivity contribution >= 4 is 0 Å². The molecule has 0 aromatic carbocycles. The van der Waals surface area contributed by atoms with Gasteiger partial charge in [0, 0.05) is 6.04 Å². The highest BCUT2D eigenvalue weighted by Gasteiger charge is 2.21. The second-order valence-corrected chi connectivity index (χ2v) is 3.33. The highest BCUT2D eigenvalue weighted by molar-refractivity contribution is 4.88. The van der Waals surface area contributed by atoms with Gasteiger partial charge in [-0.25, -0.2) is 0 Å². The van der Waals surface area contributed by atoms with E-state index in [0.29, 0.717) is 6.04 Å². The van der Waals surface area contributed by atoms with Gasteiger partial charge in [-0.05, 0) is 31.1 Å². The molecule has 0 heterocycles. The zero-order valence-electron chi connectivity index (χ0n) is 6.30. The SMILES string of the molecule is CC1[CH]CC(N)C(C)C1. The molecule has 0 aromatic rings. The maximum absolute atomic E-state index is 5.81. The molecule has 1 fully saturated rings. The highest BCUT2D eigenvalue weighted by atomic mass is 14.7. The van der Waals surface area contributed by atoms with Crippen LogP contribution in [0.2, 0.25) is 0 Å². The van der Waals surface area contributed by atoms with E-state index >= 15 is 0 Å². The lowest BCUT2D eigenvalue weighted by Crippen LogP contribution is -2.33. The third kappa shape index (κ3) is 1.68. The molecule has 1 aliphatic rings. The van der Waals surface area contributed by atoms with E-state index in [4.69, 9.17) is 5.73 Å². The normalized spacial score (nSPS) is 45.0. The van der Waals surface area contributed by atoms with Crippen molar-refractivity contribution in [2.24, 2.45) is 17.6 Å². The maximum Gasteiger partial charge on any atom is 0.00674 e. The lowest BCUT2D eigenvalue weighted by molar-refractivity contribution is 0.320. The molecule has 0 amide bonds. The van der Waals surface area contributed by atoms with Crippen molar-refractivity contribution in [3.05, 3.63) is 6.42 Å². The molecule has 0 spiro atoms. The lowest BCUT2D eigenvalue weighted by Gasteiger charge is -2.29. The zero-order valence-corrected chi connectivity index (χ0v) is 6.30. The van der Waals surface area contributed by atoms with Crippen molar-refractivity contribution in [1.29, 1.82) is 0 Å². The summed E-state index contributed by atoms with van der Waals surface area (Å²) in [4.78, 5) is 0. The standard InChI is InChI=1S/C8H16N/c1-6-3-4-8(9)7(2)5-6/h3,6-8H,4-5,9H2,1-2H3. The molecule has 0 saturated heterocycles. The van der Waals surface area contributed by atoms with Gasteiger partial charge in [0.15, 0.2) is 0 Å². The Balaban J connectivity index is 2.35. The predicted molar refractivity (Wildman–Crippen MR) is 39.8 cm³/mol. The van der Waals surface area contributed by atoms with Crippen LogP contribution >= 0.6 is 0 Å². The van der Waals surface area contributed by atoms with Gasteiger partial charge in [-0.15, -0.1) is 0 Å². The van der Waals surface area contributed by atoms with E-state index in [0.717, 1.165) is 18.3 Å². The fourth-order valence-electron chi connectivity index (χ4n) is 1.48. The van der Waals surface area contributed by atoms with Crippen LogP contribution in [0.5, 0.6) is 0 Å². The van der Waals surface area contributed by atoms with E-state index in [1.807, 2.05) is 0 Å². The van der Waals surface area contributed by atoms with Crippen molar-refractivity contribution < 1.29 is 0 Å². The van der Waals surface area contributed by atoms with Gasteiger partial charge in [-0.1, -0.05) is 13.8 Å². The molecule has 9 heavy (non-hydrogen) atoms. The number of hydrogen-bond donors (Lipinski definition) is 1. The number of hydrogen-bond acceptors (Lipinski definition) is 1. The van der Waals surface area contributed by atoms with Gasteiger partial charge in [-0.2, -0.15) is 0 Å². The third-order valence-corrected chi connectivity index (χ3v) is 2.29. The van der Waals surface area contributed by atoms with Gasteiger partial charge in [0.1, 0.15) is 0 Å². The molecule has 0 aliphatic heterocycles. The average molecular weight is 126 g/mol. The minimum Gasteiger partial charge on any atom is -0.327 e. The van der Waals surface area contributed by atoms with Gasteiger partial charge < -0.3 is 5.73 Å². The van der Waals surface area contributed by atoms with Crippen LogP contribution in [0.3, 0.4) is 0 Å². The molecular formula is C8H16N. The monoisotopic (exact) mass is 126 g/mol. The molecule has 3 atom stereocenters. The van der Waals surface area contributed by atoms with E-state index in [1.165, 1.54) is 6.42 Å². The van der Waals surface area contributed by atoms with Crippen LogP contribution < -0.4 is 5.73 Å². The largest absolute Gasteiger partial charge is 0.327 e. The molecule has 1 radical (unpaired) electrons. The van der Waals surface area contributed by atoms with Crippen LogP contribution in [0.15, 0.2) is 0 Å². The Labute approximate surface area is 57.6 Å². The molecule has 1 nitrogen and oxygen atoms in total. The molecule has 3 unspecified atom stereocenters. The first kappa shape index (κ1) is 7.07. The molecular weight excluding hydrogens is 110 g/mol. The summed E-state index contributed by atoms with van der Waals surface area (Å²) in [6.07, 6.45) is 4.73. The van der Waals surface area contributed by atoms with Crippen LogP contribution in [0, 0.1) is 18.3 Å². The second kappa shape index (κ2) is 2.70. The Morgan fingerprint density at radius 2 is 2.11 bits per heavy atom. The Hall–Kier alpha value is -0.0400. The average Bonchev–Trinajstić information content (AvgIpc) is 1.80. The van der Waals surface area contributed by atoms with Gasteiger partial charge in [0.2, 0.25) is 0 Å². The van der Waals surface area contributed by atoms with E-state index < -0.39 is 0 Å². The summed E-state index contributed by atoms with van der Waals surface area (Å²) in [5, 5.41) is 0. The zero-order chi connectivity index (χ0) is 6.85. The fraction of sp³-hybridized carbons (Fsp3) is 0.875. The summed E-state index contributed by atoms with van der Waals surface area (Å²) in [5.74, 6) is 1.52. The lowest BCUT2D eigenvalue weighted by atomic mass is 9.80. The molecule has 1 heteroatoms. The predicted octanol–water partition coefficient (Wildman–Crippen LogP) is 1.58. The molecule has 1 saturated carbocycles. The van der Waals surface area contributed by atoms with Crippen molar-refractivity contribution in [2.75, 3.05) is 0 Å². The molecule has 1 aliphatic carbocycles. The van der Waals surface area contributed by atoms with Gasteiger partial charge >= 0.3 is 0 Å². The first-order chi connectivity index (χ1) is 4.20. The second-order valence-electron chi connectivity index (χ2n) is 3.33. The summed E-state index contributed by atoms with van der Waals surface area (Å²) in [6.45, 7) is 4.51. The molecule has 2 N–H and O–H groups in total. The van der Waals surface area contributed by atoms with Crippen LogP contribution in [-0.4, -0.2) is 6.04 Å². The number of rotatable bonds is 0. The Morgan fingerprint density at radius 1 is 1.44 bits per heavy atom. The van der Waals surface area contributed by atoms with Crippen molar-refractivity contribution in [3.8, 4) is 0 Å². The van der Waals surface area contributed by atoms with E-state index in [1.54, 1.807) is 0 Å². The Bertz CT molecular complexity index is 90.6. The topological polar surface area (TPSA) is 26.0 Å². The maximum atomic E-state index is 5.81. The minimum absolute atomic E-state index is 0.432. The third-order valence-electron chi connectivity index (χ3n) is 2.29. The molecule has 0 bridgehead atoms. The van der Waals surface area contributed by atoms with E-state index in [-0.39, 0.29) is 0 Å².